The molecule has 2 unspecified atom stereocenters. The van der Waals surface area contributed by atoms with Gasteiger partial charge in [-0.3, -0.25) is 4.79 Å². The number of halogens is 3. The highest BCUT2D eigenvalue weighted by Crippen LogP contribution is 2.39. The third-order valence-corrected chi connectivity index (χ3v) is 5.19. The number of alkyl halides is 3. The van der Waals surface area contributed by atoms with Gasteiger partial charge in [-0.15, -0.1) is 0 Å². The van der Waals surface area contributed by atoms with E-state index in [1.54, 1.807) is 14.0 Å². The molecule has 1 heterocycles. The Bertz CT molecular complexity index is 728. The minimum absolute atomic E-state index is 0.272. The third kappa shape index (κ3) is 4.84. The number of nitrogens with zero attached hydrogens (tertiary/aromatic N) is 1. The first-order valence-electron chi connectivity index (χ1n) is 9.00. The molecular formula is C20H26F3NO4. The summed E-state index contributed by atoms with van der Waals surface area (Å²) in [6.45, 7) is 5.69. The molecule has 1 aromatic carbocycles. The quantitative estimate of drug-likeness (QED) is 0.628. The Labute approximate surface area is 162 Å². The maximum atomic E-state index is 12.8. The van der Waals surface area contributed by atoms with Gasteiger partial charge in [0, 0.05) is 12.7 Å². The number of hydrogen-bond acceptors (Lipinski definition) is 5. The van der Waals surface area contributed by atoms with Crippen LogP contribution in [0.25, 0.3) is 0 Å². The van der Waals surface area contributed by atoms with Crippen molar-refractivity contribution >= 4 is 11.7 Å². The van der Waals surface area contributed by atoms with Gasteiger partial charge in [0.1, 0.15) is 11.6 Å². The van der Waals surface area contributed by atoms with E-state index in [0.29, 0.717) is 18.4 Å². The maximum absolute atomic E-state index is 12.8. The summed E-state index contributed by atoms with van der Waals surface area (Å²) in [7, 11) is 2.90. The Hall–Kier alpha value is -2.09. The molecule has 1 aromatic rings. The van der Waals surface area contributed by atoms with Crippen LogP contribution in [0.3, 0.4) is 0 Å². The van der Waals surface area contributed by atoms with E-state index in [1.807, 2.05) is 13.8 Å². The van der Waals surface area contributed by atoms with Crippen LogP contribution in [-0.2, 0) is 25.3 Å². The lowest BCUT2D eigenvalue weighted by Crippen LogP contribution is -2.42. The molecule has 28 heavy (non-hydrogen) atoms. The van der Waals surface area contributed by atoms with E-state index in [-0.39, 0.29) is 11.3 Å². The zero-order chi connectivity index (χ0) is 21.2. The highest BCUT2D eigenvalue weighted by molar-refractivity contribution is 6.13. The fourth-order valence-corrected chi connectivity index (χ4v) is 3.23. The van der Waals surface area contributed by atoms with Crippen LogP contribution in [0.5, 0.6) is 0 Å². The van der Waals surface area contributed by atoms with Gasteiger partial charge in [-0.2, -0.15) is 13.2 Å². The summed E-state index contributed by atoms with van der Waals surface area (Å²) in [5.41, 5.74) is -1.37. The first-order chi connectivity index (χ1) is 12.9. The second kappa shape index (κ2) is 8.11. The lowest BCUT2D eigenvalue weighted by Gasteiger charge is -2.30. The van der Waals surface area contributed by atoms with Crippen molar-refractivity contribution in [2.45, 2.75) is 57.4 Å². The Balaban J connectivity index is 2.23. The first kappa shape index (κ1) is 22.2. The molecule has 5 nitrogen and oxygen atoms in total. The topological polar surface area (TPSA) is 57.1 Å². The number of rotatable bonds is 7. The SMILES string of the molecule is COC(=O)C1C(c2ccc(C(F)(F)F)cc2)=NOC1(C)CCCC(C)(C)OC. The summed E-state index contributed by atoms with van der Waals surface area (Å²) >= 11 is 0. The van der Waals surface area contributed by atoms with Crippen LogP contribution in [0.4, 0.5) is 13.2 Å². The number of benzene rings is 1. The highest BCUT2D eigenvalue weighted by atomic mass is 19.4. The van der Waals surface area contributed by atoms with Gasteiger partial charge in [0.05, 0.1) is 18.3 Å². The molecule has 156 valence electrons. The van der Waals surface area contributed by atoms with Gasteiger partial charge in [-0.25, -0.2) is 0 Å². The largest absolute Gasteiger partial charge is 0.468 e. The van der Waals surface area contributed by atoms with Crippen molar-refractivity contribution < 1.29 is 32.3 Å². The lowest BCUT2D eigenvalue weighted by atomic mass is 9.79. The summed E-state index contributed by atoms with van der Waals surface area (Å²) in [5.74, 6) is -1.37. The first-order valence-corrected chi connectivity index (χ1v) is 9.00. The Morgan fingerprint density at radius 1 is 1.21 bits per heavy atom. The molecule has 0 bridgehead atoms. The highest BCUT2D eigenvalue weighted by Gasteiger charge is 2.50. The van der Waals surface area contributed by atoms with E-state index < -0.39 is 29.2 Å². The molecule has 0 N–H and O–H groups in total. The van der Waals surface area contributed by atoms with Gasteiger partial charge >= 0.3 is 12.1 Å². The number of ether oxygens (including phenoxy) is 2. The number of carbonyl (C=O) groups excluding carboxylic acids is 1. The van der Waals surface area contributed by atoms with Crippen LogP contribution in [0.15, 0.2) is 29.4 Å². The van der Waals surface area contributed by atoms with Gasteiger partial charge in [-0.05, 0) is 52.2 Å². The normalized spacial score (nSPS) is 22.6. The second-order valence-corrected chi connectivity index (χ2v) is 7.73. The van der Waals surface area contributed by atoms with Crippen molar-refractivity contribution in [3.05, 3.63) is 35.4 Å². The minimum atomic E-state index is -4.43. The lowest BCUT2D eigenvalue weighted by molar-refractivity contribution is -0.151. The van der Waals surface area contributed by atoms with Crippen molar-refractivity contribution in [3.8, 4) is 0 Å². The molecule has 1 aliphatic rings. The van der Waals surface area contributed by atoms with E-state index in [1.165, 1.54) is 19.2 Å². The Kier molecular flexibility index (Phi) is 6.43. The molecule has 0 aliphatic carbocycles. The Morgan fingerprint density at radius 2 is 1.82 bits per heavy atom. The Morgan fingerprint density at radius 3 is 2.32 bits per heavy atom. The molecule has 0 radical (unpaired) electrons. The molecule has 2 atom stereocenters. The number of carbonyl (C=O) groups is 1. The van der Waals surface area contributed by atoms with Gasteiger partial charge in [0.2, 0.25) is 0 Å². The molecule has 2 rings (SSSR count). The van der Waals surface area contributed by atoms with E-state index >= 15 is 0 Å². The molecular weight excluding hydrogens is 375 g/mol. The average molecular weight is 401 g/mol. The second-order valence-electron chi connectivity index (χ2n) is 7.73. The summed E-state index contributed by atoms with van der Waals surface area (Å²) in [5, 5.41) is 4.04. The zero-order valence-electron chi connectivity index (χ0n) is 16.7. The molecule has 0 saturated heterocycles. The fourth-order valence-electron chi connectivity index (χ4n) is 3.23. The van der Waals surface area contributed by atoms with E-state index in [0.717, 1.165) is 18.6 Å². The molecule has 1 aliphatic heterocycles. The number of oxime groups is 1. The zero-order valence-corrected chi connectivity index (χ0v) is 16.7. The van der Waals surface area contributed by atoms with Gasteiger partial charge in [0.25, 0.3) is 0 Å². The summed E-state index contributed by atoms with van der Waals surface area (Å²) < 4.78 is 48.7. The van der Waals surface area contributed by atoms with Crippen LogP contribution in [0.1, 0.15) is 51.2 Å². The fraction of sp³-hybridized carbons (Fsp3) is 0.600. The van der Waals surface area contributed by atoms with E-state index in [2.05, 4.69) is 5.16 Å². The van der Waals surface area contributed by atoms with Crippen LogP contribution in [0.2, 0.25) is 0 Å². The van der Waals surface area contributed by atoms with Crippen LogP contribution < -0.4 is 0 Å². The number of hydrogen-bond donors (Lipinski definition) is 0. The maximum Gasteiger partial charge on any atom is 0.416 e. The molecule has 0 aromatic heterocycles. The molecule has 0 spiro atoms. The summed E-state index contributed by atoms with van der Waals surface area (Å²) in [6, 6.07) is 4.51. The van der Waals surface area contributed by atoms with Crippen molar-refractivity contribution in [2.75, 3.05) is 14.2 Å². The van der Waals surface area contributed by atoms with E-state index in [9.17, 15) is 18.0 Å². The van der Waals surface area contributed by atoms with Gasteiger partial charge in [0.15, 0.2) is 5.60 Å². The predicted octanol–water partition coefficient (Wildman–Crippen LogP) is 4.58. The summed E-state index contributed by atoms with van der Waals surface area (Å²) in [4.78, 5) is 18.1. The summed E-state index contributed by atoms with van der Waals surface area (Å²) in [6.07, 6.45) is -2.48. The van der Waals surface area contributed by atoms with Gasteiger partial charge < -0.3 is 14.3 Å². The van der Waals surface area contributed by atoms with Crippen LogP contribution in [-0.4, -0.2) is 37.1 Å². The number of esters is 1. The van der Waals surface area contributed by atoms with Crippen molar-refractivity contribution in [1.82, 2.24) is 0 Å². The van der Waals surface area contributed by atoms with Crippen molar-refractivity contribution in [3.63, 3.8) is 0 Å². The molecule has 0 saturated carbocycles. The predicted molar refractivity (Wildman–Crippen MR) is 97.9 cm³/mol. The molecule has 8 heteroatoms. The third-order valence-electron chi connectivity index (χ3n) is 5.19. The monoisotopic (exact) mass is 401 g/mol. The van der Waals surface area contributed by atoms with Crippen molar-refractivity contribution in [1.29, 1.82) is 0 Å². The molecule has 0 amide bonds. The minimum Gasteiger partial charge on any atom is -0.468 e. The number of methoxy groups -OCH3 is 2. The standard InChI is InChI=1S/C20H26F3NO4/c1-18(2,27-5)11-6-12-19(3)15(17(25)26-4)16(24-28-19)13-7-9-14(10-8-13)20(21,22)23/h7-10,15H,6,11-12H2,1-5H3. The van der Waals surface area contributed by atoms with Crippen LogP contribution >= 0.6 is 0 Å². The van der Waals surface area contributed by atoms with Crippen molar-refractivity contribution in [2.24, 2.45) is 11.1 Å². The van der Waals surface area contributed by atoms with Gasteiger partial charge in [-0.1, -0.05) is 17.3 Å². The average Bonchev–Trinajstić information content (AvgIpc) is 2.97. The smallest absolute Gasteiger partial charge is 0.416 e. The molecule has 0 fully saturated rings. The van der Waals surface area contributed by atoms with E-state index in [4.69, 9.17) is 14.3 Å². The van der Waals surface area contributed by atoms with Crippen LogP contribution in [0, 0.1) is 5.92 Å².